The number of carbonyl (C=O) groups excluding carboxylic acids is 2. The number of ether oxygens (including phenoxy) is 1. The molecule has 0 unspecified atom stereocenters. The van der Waals surface area contributed by atoms with Crippen molar-refractivity contribution >= 4 is 30.0 Å². The normalized spacial score (nSPS) is 10.4. The zero-order valence-corrected chi connectivity index (χ0v) is 12.3. The van der Waals surface area contributed by atoms with Gasteiger partial charge in [0.15, 0.2) is 0 Å². The maximum Gasteiger partial charge on any atom is 0.338 e. The molecule has 0 aliphatic rings. The van der Waals surface area contributed by atoms with E-state index in [2.05, 4.69) is 10.1 Å². The summed E-state index contributed by atoms with van der Waals surface area (Å²) in [5, 5.41) is 2.69. The fourth-order valence-corrected chi connectivity index (χ4v) is 1.37. The van der Waals surface area contributed by atoms with E-state index >= 15 is 0 Å². The number of nitrogens with one attached hydrogen (secondary N) is 1. The van der Waals surface area contributed by atoms with Crippen LogP contribution in [0.4, 0.5) is 5.69 Å². The summed E-state index contributed by atoms with van der Waals surface area (Å²) in [5.41, 5.74) is 6.54. The molecule has 1 aromatic rings. The number of methoxy groups -OCH3 is 1. The zero-order valence-electron chi connectivity index (χ0n) is 11.4. The maximum absolute atomic E-state index is 11.7. The van der Waals surface area contributed by atoms with Crippen molar-refractivity contribution in [2.24, 2.45) is 5.73 Å². The number of hydrogen-bond donors (Lipinski definition) is 2. The van der Waals surface area contributed by atoms with Crippen LogP contribution in [-0.2, 0) is 9.53 Å². The highest BCUT2D eigenvalue weighted by molar-refractivity contribution is 5.98. The van der Waals surface area contributed by atoms with E-state index in [-0.39, 0.29) is 18.3 Å². The Morgan fingerprint density at radius 1 is 1.32 bits per heavy atom. The summed E-state index contributed by atoms with van der Waals surface area (Å²) in [4.78, 5) is 23.1. The summed E-state index contributed by atoms with van der Waals surface area (Å²) >= 11 is 0. The van der Waals surface area contributed by atoms with Gasteiger partial charge >= 0.3 is 5.97 Å². The largest absolute Gasteiger partial charge is 0.465 e. The summed E-state index contributed by atoms with van der Waals surface area (Å²) in [6.45, 7) is 5.02. The smallest absolute Gasteiger partial charge is 0.338 e. The number of benzene rings is 1. The van der Waals surface area contributed by atoms with Crippen LogP contribution in [0.5, 0.6) is 0 Å². The lowest BCUT2D eigenvalue weighted by Gasteiger charge is -2.18. The molecule has 6 heteroatoms. The van der Waals surface area contributed by atoms with Crippen LogP contribution in [-0.4, -0.2) is 24.5 Å². The van der Waals surface area contributed by atoms with E-state index < -0.39 is 11.5 Å². The third-order valence-electron chi connectivity index (χ3n) is 2.47. The van der Waals surface area contributed by atoms with E-state index in [1.54, 1.807) is 39.0 Å². The molecule has 0 fully saturated rings. The first-order chi connectivity index (χ1) is 8.25. The van der Waals surface area contributed by atoms with Crippen molar-refractivity contribution < 1.29 is 14.3 Å². The molecule has 106 valence electrons. The first kappa shape index (κ1) is 17.4. The van der Waals surface area contributed by atoms with E-state index in [4.69, 9.17) is 5.73 Å². The molecule has 0 aliphatic carbocycles. The second kappa shape index (κ2) is 6.54. The molecule has 19 heavy (non-hydrogen) atoms. The van der Waals surface area contributed by atoms with Gasteiger partial charge in [-0.2, -0.15) is 0 Å². The molecule has 0 radical (unpaired) electrons. The summed E-state index contributed by atoms with van der Waals surface area (Å²) in [5.74, 6) is -0.683. The molecule has 0 saturated heterocycles. The van der Waals surface area contributed by atoms with Crippen LogP contribution in [0, 0.1) is 6.92 Å². The molecule has 0 atom stereocenters. The molecule has 5 nitrogen and oxygen atoms in total. The van der Waals surface area contributed by atoms with Crippen molar-refractivity contribution in [2.45, 2.75) is 26.3 Å². The van der Waals surface area contributed by atoms with Crippen LogP contribution >= 0.6 is 12.4 Å². The summed E-state index contributed by atoms with van der Waals surface area (Å²) < 4.78 is 4.65. The minimum atomic E-state index is -0.949. The highest BCUT2D eigenvalue weighted by atomic mass is 35.5. The standard InChI is InChI=1S/C13H18N2O3.ClH/c1-8-7-9(15-12(17)13(2,3)14)5-6-10(8)11(16)18-4;/h5-7H,14H2,1-4H3,(H,15,17);1H. The van der Waals surface area contributed by atoms with E-state index in [0.29, 0.717) is 11.3 Å². The SMILES string of the molecule is COC(=O)c1ccc(NC(=O)C(C)(C)N)cc1C.Cl. The third kappa shape index (κ3) is 4.54. The quantitative estimate of drug-likeness (QED) is 0.831. The lowest BCUT2D eigenvalue weighted by Crippen LogP contribution is -2.45. The first-order valence-corrected chi connectivity index (χ1v) is 5.55. The number of aryl methyl sites for hydroxylation is 1. The van der Waals surface area contributed by atoms with Gasteiger partial charge in [0, 0.05) is 5.69 Å². The Balaban J connectivity index is 0.00000324. The van der Waals surface area contributed by atoms with Gasteiger partial charge in [-0.25, -0.2) is 4.79 Å². The van der Waals surface area contributed by atoms with Gasteiger partial charge in [-0.3, -0.25) is 4.79 Å². The van der Waals surface area contributed by atoms with Gasteiger partial charge in [-0.1, -0.05) is 0 Å². The second-order valence-corrected chi connectivity index (χ2v) is 4.70. The predicted octanol–water partition coefficient (Wildman–Crippen LogP) is 1.88. The Hall–Kier alpha value is -1.59. The number of nitrogens with two attached hydrogens (primary N) is 1. The minimum absolute atomic E-state index is 0. The van der Waals surface area contributed by atoms with Gasteiger partial charge in [0.05, 0.1) is 18.2 Å². The molecule has 0 spiro atoms. The number of anilines is 1. The molecular weight excluding hydrogens is 268 g/mol. The molecule has 0 heterocycles. The van der Waals surface area contributed by atoms with Crippen LogP contribution < -0.4 is 11.1 Å². The van der Waals surface area contributed by atoms with E-state index in [0.717, 1.165) is 5.56 Å². The monoisotopic (exact) mass is 286 g/mol. The fourth-order valence-electron chi connectivity index (χ4n) is 1.37. The molecule has 0 saturated carbocycles. The van der Waals surface area contributed by atoms with Crippen LogP contribution in [0.3, 0.4) is 0 Å². The number of carbonyl (C=O) groups is 2. The Morgan fingerprint density at radius 2 is 1.89 bits per heavy atom. The van der Waals surface area contributed by atoms with Crippen LogP contribution in [0.2, 0.25) is 0 Å². The lowest BCUT2D eigenvalue weighted by atomic mass is 10.1. The molecule has 0 aromatic heterocycles. The van der Waals surface area contributed by atoms with Crippen molar-refractivity contribution in [1.82, 2.24) is 0 Å². The Kier molecular flexibility index (Phi) is 5.99. The summed E-state index contributed by atoms with van der Waals surface area (Å²) in [6, 6.07) is 4.96. The number of esters is 1. The molecular formula is C13H19ClN2O3. The maximum atomic E-state index is 11.7. The van der Waals surface area contributed by atoms with Gasteiger partial charge in [-0.15, -0.1) is 12.4 Å². The van der Waals surface area contributed by atoms with Crippen LogP contribution in [0.15, 0.2) is 18.2 Å². The Labute approximate surface area is 118 Å². The van der Waals surface area contributed by atoms with Crippen molar-refractivity contribution in [1.29, 1.82) is 0 Å². The van der Waals surface area contributed by atoms with Crippen LogP contribution in [0.25, 0.3) is 0 Å². The average molecular weight is 287 g/mol. The Morgan fingerprint density at radius 3 is 2.32 bits per heavy atom. The van der Waals surface area contributed by atoms with Crippen molar-refractivity contribution in [2.75, 3.05) is 12.4 Å². The van der Waals surface area contributed by atoms with Crippen molar-refractivity contribution in [3.8, 4) is 0 Å². The number of amides is 1. The molecule has 0 aliphatic heterocycles. The van der Waals surface area contributed by atoms with Gasteiger partial charge in [0.1, 0.15) is 0 Å². The van der Waals surface area contributed by atoms with Crippen molar-refractivity contribution in [3.05, 3.63) is 29.3 Å². The lowest BCUT2D eigenvalue weighted by molar-refractivity contribution is -0.120. The molecule has 1 aromatic carbocycles. The minimum Gasteiger partial charge on any atom is -0.465 e. The highest BCUT2D eigenvalue weighted by Gasteiger charge is 2.22. The predicted molar refractivity (Wildman–Crippen MR) is 76.7 cm³/mol. The summed E-state index contributed by atoms with van der Waals surface area (Å²) in [7, 11) is 1.33. The molecule has 0 bridgehead atoms. The third-order valence-corrected chi connectivity index (χ3v) is 2.47. The summed E-state index contributed by atoms with van der Waals surface area (Å²) in [6.07, 6.45) is 0. The van der Waals surface area contributed by atoms with E-state index in [1.165, 1.54) is 7.11 Å². The number of rotatable bonds is 3. The van der Waals surface area contributed by atoms with Gasteiger partial charge in [-0.05, 0) is 44.5 Å². The van der Waals surface area contributed by atoms with Gasteiger partial charge in [0.25, 0.3) is 0 Å². The molecule has 1 amide bonds. The number of hydrogen-bond acceptors (Lipinski definition) is 4. The Bertz CT molecular complexity index is 481. The van der Waals surface area contributed by atoms with Crippen LogP contribution in [0.1, 0.15) is 29.8 Å². The van der Waals surface area contributed by atoms with Crippen molar-refractivity contribution in [3.63, 3.8) is 0 Å². The topological polar surface area (TPSA) is 81.4 Å². The highest BCUT2D eigenvalue weighted by Crippen LogP contribution is 2.17. The van der Waals surface area contributed by atoms with Gasteiger partial charge in [0.2, 0.25) is 5.91 Å². The zero-order chi connectivity index (χ0) is 13.9. The molecule has 1 rings (SSSR count). The fraction of sp³-hybridized carbons (Fsp3) is 0.385. The van der Waals surface area contributed by atoms with Gasteiger partial charge < -0.3 is 15.8 Å². The first-order valence-electron chi connectivity index (χ1n) is 5.55. The molecule has 3 N–H and O–H groups in total. The van der Waals surface area contributed by atoms with E-state index in [9.17, 15) is 9.59 Å². The van der Waals surface area contributed by atoms with E-state index in [1.807, 2.05) is 0 Å². The average Bonchev–Trinajstić information content (AvgIpc) is 2.27. The second-order valence-electron chi connectivity index (χ2n) is 4.70. The number of halogens is 1.